The van der Waals surface area contributed by atoms with E-state index in [9.17, 15) is 8.42 Å². The zero-order valence-electron chi connectivity index (χ0n) is 9.67. The molecule has 6 heteroatoms. The number of sulfonamides is 1. The van der Waals surface area contributed by atoms with Gasteiger partial charge in [-0.05, 0) is 30.9 Å². The van der Waals surface area contributed by atoms with Crippen LogP contribution in [0.25, 0.3) is 0 Å². The van der Waals surface area contributed by atoms with Gasteiger partial charge in [0.2, 0.25) is 10.0 Å². The molecule has 1 heterocycles. The van der Waals surface area contributed by atoms with E-state index in [0.717, 1.165) is 10.6 Å². The number of anilines is 1. The van der Waals surface area contributed by atoms with Crippen LogP contribution in [0.2, 0.25) is 0 Å². The minimum Gasteiger partial charge on any atom is -0.329 e. The molecule has 0 unspecified atom stereocenters. The molecule has 1 aliphatic heterocycles. The van der Waals surface area contributed by atoms with E-state index in [-0.39, 0.29) is 6.54 Å². The zero-order chi connectivity index (χ0) is 12.5. The average Bonchev–Trinajstić information content (AvgIpc) is 2.64. The first-order valence-corrected chi connectivity index (χ1v) is 8.18. The molecule has 0 aliphatic carbocycles. The van der Waals surface area contributed by atoms with Crippen molar-refractivity contribution >= 4 is 27.5 Å². The van der Waals surface area contributed by atoms with Gasteiger partial charge in [0.25, 0.3) is 0 Å². The third kappa shape index (κ3) is 2.29. The second-order valence-corrected chi connectivity index (χ2v) is 6.98. The lowest BCUT2D eigenvalue weighted by Gasteiger charge is -2.19. The van der Waals surface area contributed by atoms with Crippen LogP contribution in [-0.4, -0.2) is 33.0 Å². The van der Waals surface area contributed by atoms with E-state index in [0.29, 0.717) is 13.0 Å². The summed E-state index contributed by atoms with van der Waals surface area (Å²) < 4.78 is 25.8. The van der Waals surface area contributed by atoms with Crippen molar-refractivity contribution in [2.45, 2.75) is 16.6 Å². The molecule has 0 radical (unpaired) electrons. The Bertz CT molecular complexity index is 502. The molecule has 1 atom stereocenters. The molecule has 1 aromatic carbocycles. The summed E-state index contributed by atoms with van der Waals surface area (Å²) >= 11 is 1.60. The molecule has 2 rings (SSSR count). The Morgan fingerprint density at radius 2 is 2.29 bits per heavy atom. The predicted octanol–water partition coefficient (Wildman–Crippen LogP) is 1.28. The summed E-state index contributed by atoms with van der Waals surface area (Å²) in [6.45, 7) is 0.725. The van der Waals surface area contributed by atoms with Crippen molar-refractivity contribution in [3.8, 4) is 0 Å². The van der Waals surface area contributed by atoms with Gasteiger partial charge in [0.1, 0.15) is 0 Å². The van der Waals surface area contributed by atoms with Crippen LogP contribution in [-0.2, 0) is 10.0 Å². The molecule has 17 heavy (non-hydrogen) atoms. The predicted molar refractivity (Wildman–Crippen MR) is 71.9 cm³/mol. The maximum Gasteiger partial charge on any atom is 0.239 e. The van der Waals surface area contributed by atoms with E-state index in [4.69, 9.17) is 5.73 Å². The van der Waals surface area contributed by atoms with Crippen LogP contribution >= 0.6 is 11.8 Å². The number of hydrogen-bond donors (Lipinski definition) is 1. The number of nitrogens with zero attached hydrogens (tertiary/aromatic N) is 1. The first kappa shape index (κ1) is 12.7. The van der Waals surface area contributed by atoms with Gasteiger partial charge in [0.05, 0.1) is 10.9 Å². The highest BCUT2D eigenvalue weighted by Gasteiger charge is 2.37. The van der Waals surface area contributed by atoms with Crippen LogP contribution < -0.4 is 10.0 Å². The van der Waals surface area contributed by atoms with E-state index in [2.05, 4.69) is 0 Å². The molecular formula is C11H16N2O2S2. The second-order valence-electron chi connectivity index (χ2n) is 3.96. The van der Waals surface area contributed by atoms with Crippen LogP contribution in [0.3, 0.4) is 0 Å². The Hall–Kier alpha value is -0.720. The van der Waals surface area contributed by atoms with Crippen LogP contribution in [0.5, 0.6) is 0 Å². The third-order valence-corrected chi connectivity index (χ3v) is 5.99. The van der Waals surface area contributed by atoms with E-state index in [1.165, 1.54) is 4.31 Å². The van der Waals surface area contributed by atoms with Gasteiger partial charge in [0, 0.05) is 18.0 Å². The fourth-order valence-electron chi connectivity index (χ4n) is 2.00. The Morgan fingerprint density at radius 3 is 2.88 bits per heavy atom. The van der Waals surface area contributed by atoms with Gasteiger partial charge in [-0.2, -0.15) is 0 Å². The van der Waals surface area contributed by atoms with Crippen molar-refractivity contribution in [2.75, 3.05) is 23.7 Å². The van der Waals surface area contributed by atoms with Crippen molar-refractivity contribution in [3.63, 3.8) is 0 Å². The standard InChI is InChI=1S/C11H16N2O2S2/c1-16-10-4-2-3-9(7-10)13-6-5-11(8-12)17(13,14)15/h2-4,7,11H,5-6,8,12H2,1H3/t11-/m0/s1. The highest BCUT2D eigenvalue weighted by atomic mass is 32.2. The van der Waals surface area contributed by atoms with Gasteiger partial charge in [-0.3, -0.25) is 4.31 Å². The first-order chi connectivity index (χ1) is 8.09. The Balaban J connectivity index is 2.35. The molecule has 0 saturated carbocycles. The van der Waals surface area contributed by atoms with E-state index in [1.807, 2.05) is 30.5 Å². The Kier molecular flexibility index (Phi) is 3.65. The molecule has 94 valence electrons. The third-order valence-electron chi connectivity index (χ3n) is 2.99. The molecule has 0 amide bonds. The smallest absolute Gasteiger partial charge is 0.239 e. The second kappa shape index (κ2) is 4.88. The quantitative estimate of drug-likeness (QED) is 0.842. The van der Waals surface area contributed by atoms with Crippen molar-refractivity contribution in [2.24, 2.45) is 5.73 Å². The molecular weight excluding hydrogens is 256 g/mol. The lowest BCUT2D eigenvalue weighted by Crippen LogP contribution is -2.33. The minimum absolute atomic E-state index is 0.195. The highest BCUT2D eigenvalue weighted by Crippen LogP contribution is 2.30. The zero-order valence-corrected chi connectivity index (χ0v) is 11.3. The van der Waals surface area contributed by atoms with E-state index >= 15 is 0 Å². The van der Waals surface area contributed by atoms with Crippen molar-refractivity contribution in [1.29, 1.82) is 0 Å². The summed E-state index contributed by atoms with van der Waals surface area (Å²) in [5, 5.41) is -0.430. The lowest BCUT2D eigenvalue weighted by molar-refractivity contribution is 0.588. The fraction of sp³-hybridized carbons (Fsp3) is 0.455. The number of benzene rings is 1. The van der Waals surface area contributed by atoms with Crippen molar-refractivity contribution < 1.29 is 8.42 Å². The number of nitrogens with two attached hydrogens (primary N) is 1. The van der Waals surface area contributed by atoms with Gasteiger partial charge in [-0.15, -0.1) is 11.8 Å². The summed E-state index contributed by atoms with van der Waals surface area (Å²) in [6.07, 6.45) is 2.59. The largest absolute Gasteiger partial charge is 0.329 e. The maximum absolute atomic E-state index is 12.2. The number of thioether (sulfide) groups is 1. The summed E-state index contributed by atoms with van der Waals surface area (Å²) in [5.41, 5.74) is 6.24. The molecule has 1 aromatic rings. The molecule has 1 aliphatic rings. The van der Waals surface area contributed by atoms with Crippen LogP contribution in [0.15, 0.2) is 29.2 Å². The SMILES string of the molecule is CSc1cccc(N2CC[C@@H](CN)S2(=O)=O)c1. The molecule has 0 aromatic heterocycles. The highest BCUT2D eigenvalue weighted by molar-refractivity contribution is 7.98. The normalized spacial score (nSPS) is 22.9. The fourth-order valence-corrected chi connectivity index (χ4v) is 4.23. The monoisotopic (exact) mass is 272 g/mol. The van der Waals surface area contributed by atoms with Gasteiger partial charge in [-0.1, -0.05) is 6.07 Å². The Labute approximate surface area is 106 Å². The summed E-state index contributed by atoms with van der Waals surface area (Å²) in [4.78, 5) is 1.06. The van der Waals surface area contributed by atoms with Crippen LogP contribution in [0, 0.1) is 0 Å². The number of rotatable bonds is 3. The molecule has 0 bridgehead atoms. The molecule has 4 nitrogen and oxygen atoms in total. The maximum atomic E-state index is 12.2. The summed E-state index contributed by atoms with van der Waals surface area (Å²) in [7, 11) is -3.26. The summed E-state index contributed by atoms with van der Waals surface area (Å²) in [5.74, 6) is 0. The van der Waals surface area contributed by atoms with Crippen molar-refractivity contribution in [1.82, 2.24) is 0 Å². The van der Waals surface area contributed by atoms with Crippen LogP contribution in [0.1, 0.15) is 6.42 Å². The van der Waals surface area contributed by atoms with E-state index in [1.54, 1.807) is 11.8 Å². The van der Waals surface area contributed by atoms with Gasteiger partial charge < -0.3 is 5.73 Å². The molecule has 2 N–H and O–H groups in total. The topological polar surface area (TPSA) is 63.4 Å². The average molecular weight is 272 g/mol. The number of hydrogen-bond acceptors (Lipinski definition) is 4. The van der Waals surface area contributed by atoms with Gasteiger partial charge in [-0.25, -0.2) is 8.42 Å². The minimum atomic E-state index is -3.26. The summed E-state index contributed by atoms with van der Waals surface area (Å²) in [6, 6.07) is 7.58. The molecule has 0 spiro atoms. The van der Waals surface area contributed by atoms with Crippen LogP contribution in [0.4, 0.5) is 5.69 Å². The first-order valence-electron chi connectivity index (χ1n) is 5.45. The van der Waals surface area contributed by atoms with E-state index < -0.39 is 15.3 Å². The molecule has 1 fully saturated rings. The lowest BCUT2D eigenvalue weighted by atomic mass is 10.3. The van der Waals surface area contributed by atoms with Gasteiger partial charge >= 0.3 is 0 Å². The Morgan fingerprint density at radius 1 is 1.53 bits per heavy atom. The molecule has 1 saturated heterocycles. The van der Waals surface area contributed by atoms with Gasteiger partial charge in [0.15, 0.2) is 0 Å². The van der Waals surface area contributed by atoms with Crippen molar-refractivity contribution in [3.05, 3.63) is 24.3 Å².